The third-order valence-corrected chi connectivity index (χ3v) is 4.67. The van der Waals surface area contributed by atoms with Crippen LogP contribution < -0.4 is 16.2 Å². The number of carbonyl (C=O) groups excluding carboxylic acids is 1. The van der Waals surface area contributed by atoms with Crippen LogP contribution in [-0.4, -0.2) is 20.9 Å². The van der Waals surface area contributed by atoms with Crippen molar-refractivity contribution in [3.8, 4) is 0 Å². The summed E-state index contributed by atoms with van der Waals surface area (Å²) >= 11 is 0. The summed E-state index contributed by atoms with van der Waals surface area (Å²) in [6.07, 6.45) is 0.587. The largest absolute Gasteiger partial charge is 0.329 e. The van der Waals surface area contributed by atoms with E-state index in [2.05, 4.69) is 5.32 Å². The maximum atomic E-state index is 12.2. The van der Waals surface area contributed by atoms with E-state index in [1.165, 1.54) is 12.1 Å². The van der Waals surface area contributed by atoms with E-state index in [4.69, 9.17) is 10.9 Å². The number of hydrogen-bond donors (Lipinski definition) is 3. The van der Waals surface area contributed by atoms with Crippen LogP contribution in [0.1, 0.15) is 25.8 Å². The topological polar surface area (TPSA) is 115 Å². The van der Waals surface area contributed by atoms with Gasteiger partial charge in [-0.05, 0) is 38.0 Å². The highest BCUT2D eigenvalue weighted by atomic mass is 32.2. The van der Waals surface area contributed by atoms with E-state index in [1.54, 1.807) is 19.9 Å². The van der Waals surface area contributed by atoms with Crippen molar-refractivity contribution in [2.45, 2.75) is 32.1 Å². The van der Waals surface area contributed by atoms with Crippen molar-refractivity contribution >= 4 is 21.6 Å². The third-order valence-electron chi connectivity index (χ3n) is 3.62. The van der Waals surface area contributed by atoms with Crippen molar-refractivity contribution in [3.05, 3.63) is 23.8 Å². The molecule has 0 aliphatic rings. The third kappa shape index (κ3) is 3.36. The Morgan fingerprint density at radius 1 is 1.40 bits per heavy atom. The molecular weight excluding hydrogens is 278 g/mol. The van der Waals surface area contributed by atoms with Crippen LogP contribution in [0.5, 0.6) is 0 Å². The average Bonchev–Trinajstić information content (AvgIpc) is 2.38. The first-order valence-corrected chi connectivity index (χ1v) is 7.84. The van der Waals surface area contributed by atoms with Gasteiger partial charge >= 0.3 is 0 Å². The van der Waals surface area contributed by atoms with E-state index in [1.807, 2.05) is 6.92 Å². The molecule has 1 amide bonds. The Morgan fingerprint density at radius 3 is 2.45 bits per heavy atom. The summed E-state index contributed by atoms with van der Waals surface area (Å²) in [6, 6.07) is 4.57. The highest BCUT2D eigenvalue weighted by Gasteiger charge is 2.30. The Balaban J connectivity index is 3.15. The highest BCUT2D eigenvalue weighted by molar-refractivity contribution is 7.89. The minimum Gasteiger partial charge on any atom is -0.329 e. The van der Waals surface area contributed by atoms with Crippen molar-refractivity contribution in [1.82, 2.24) is 0 Å². The van der Waals surface area contributed by atoms with E-state index in [0.717, 1.165) is 0 Å². The Kier molecular flexibility index (Phi) is 4.90. The van der Waals surface area contributed by atoms with Crippen molar-refractivity contribution in [1.29, 1.82) is 0 Å². The molecule has 1 aromatic rings. The van der Waals surface area contributed by atoms with Crippen LogP contribution in [-0.2, 0) is 14.8 Å². The van der Waals surface area contributed by atoms with Crippen molar-refractivity contribution in [3.63, 3.8) is 0 Å². The number of rotatable bonds is 5. The van der Waals surface area contributed by atoms with Gasteiger partial charge in [0.05, 0.1) is 10.3 Å². The van der Waals surface area contributed by atoms with Crippen LogP contribution in [0.25, 0.3) is 0 Å². The molecule has 112 valence electrons. The SMILES string of the molecule is CCC(C)(CN)C(=O)Nc1cccc(S(N)(=O)=O)c1C. The van der Waals surface area contributed by atoms with Crippen LogP contribution in [0, 0.1) is 12.3 Å². The van der Waals surface area contributed by atoms with E-state index in [9.17, 15) is 13.2 Å². The van der Waals surface area contributed by atoms with Gasteiger partial charge in [0.2, 0.25) is 15.9 Å². The maximum absolute atomic E-state index is 12.2. The molecule has 0 bridgehead atoms. The first kappa shape index (κ1) is 16.6. The molecule has 20 heavy (non-hydrogen) atoms. The van der Waals surface area contributed by atoms with Crippen LogP contribution >= 0.6 is 0 Å². The molecule has 0 saturated heterocycles. The molecule has 0 aliphatic carbocycles. The van der Waals surface area contributed by atoms with Gasteiger partial charge in [-0.15, -0.1) is 0 Å². The number of carbonyl (C=O) groups is 1. The zero-order chi connectivity index (χ0) is 15.6. The van der Waals surface area contributed by atoms with Gasteiger partial charge in [0.25, 0.3) is 0 Å². The van der Waals surface area contributed by atoms with Gasteiger partial charge in [-0.25, -0.2) is 13.6 Å². The number of benzene rings is 1. The van der Waals surface area contributed by atoms with Gasteiger partial charge in [-0.1, -0.05) is 13.0 Å². The molecule has 1 aromatic carbocycles. The zero-order valence-electron chi connectivity index (χ0n) is 11.9. The molecule has 1 rings (SSSR count). The lowest BCUT2D eigenvalue weighted by Gasteiger charge is -2.25. The number of nitrogens with two attached hydrogens (primary N) is 2. The summed E-state index contributed by atoms with van der Waals surface area (Å²) in [6.45, 7) is 5.45. The number of amides is 1. The Labute approximate surface area is 119 Å². The number of hydrogen-bond acceptors (Lipinski definition) is 4. The number of primary sulfonamides is 1. The summed E-state index contributed by atoms with van der Waals surface area (Å²) < 4.78 is 22.9. The Morgan fingerprint density at radius 2 is 2.00 bits per heavy atom. The predicted octanol–water partition coefficient (Wildman–Crippen LogP) is 0.956. The number of sulfonamides is 1. The molecule has 0 aromatic heterocycles. The van der Waals surface area contributed by atoms with Crippen molar-refractivity contribution in [2.24, 2.45) is 16.3 Å². The maximum Gasteiger partial charge on any atom is 0.238 e. The molecular formula is C13H21N3O3S. The fourth-order valence-electron chi connectivity index (χ4n) is 1.73. The Bertz CT molecular complexity index is 607. The van der Waals surface area contributed by atoms with E-state index in [0.29, 0.717) is 17.7 Å². The van der Waals surface area contributed by atoms with Gasteiger partial charge < -0.3 is 11.1 Å². The molecule has 0 fully saturated rings. The lowest BCUT2D eigenvalue weighted by Crippen LogP contribution is -2.39. The van der Waals surface area contributed by atoms with Crippen LogP contribution in [0.4, 0.5) is 5.69 Å². The predicted molar refractivity (Wildman–Crippen MR) is 78.6 cm³/mol. The molecule has 0 heterocycles. The van der Waals surface area contributed by atoms with Crippen LogP contribution in [0.3, 0.4) is 0 Å². The van der Waals surface area contributed by atoms with E-state index >= 15 is 0 Å². The van der Waals surface area contributed by atoms with Gasteiger partial charge in [0, 0.05) is 12.2 Å². The molecule has 7 heteroatoms. The summed E-state index contributed by atoms with van der Waals surface area (Å²) in [5, 5.41) is 7.86. The normalized spacial score (nSPS) is 14.7. The summed E-state index contributed by atoms with van der Waals surface area (Å²) in [7, 11) is -3.81. The number of anilines is 1. The molecule has 1 atom stereocenters. The van der Waals surface area contributed by atoms with Gasteiger partial charge in [-0.3, -0.25) is 4.79 Å². The van der Waals surface area contributed by atoms with Crippen molar-refractivity contribution in [2.75, 3.05) is 11.9 Å². The lowest BCUT2D eigenvalue weighted by molar-refractivity contribution is -0.124. The molecule has 0 spiro atoms. The van der Waals surface area contributed by atoms with Gasteiger partial charge in [0.15, 0.2) is 0 Å². The minimum atomic E-state index is -3.81. The Hall–Kier alpha value is -1.44. The summed E-state index contributed by atoms with van der Waals surface area (Å²) in [5.41, 5.74) is 5.78. The van der Waals surface area contributed by atoms with Gasteiger partial charge in [0.1, 0.15) is 0 Å². The molecule has 0 radical (unpaired) electrons. The molecule has 0 saturated carbocycles. The van der Waals surface area contributed by atoms with Crippen LogP contribution in [0.15, 0.2) is 23.1 Å². The molecule has 1 unspecified atom stereocenters. The second-order valence-corrected chi connectivity index (χ2v) is 6.58. The minimum absolute atomic E-state index is 0.00116. The van der Waals surface area contributed by atoms with E-state index in [-0.39, 0.29) is 17.3 Å². The first-order chi connectivity index (χ1) is 9.15. The van der Waals surface area contributed by atoms with Gasteiger partial charge in [-0.2, -0.15) is 0 Å². The van der Waals surface area contributed by atoms with E-state index < -0.39 is 15.4 Å². The smallest absolute Gasteiger partial charge is 0.238 e. The summed E-state index contributed by atoms with van der Waals surface area (Å²) in [4.78, 5) is 12.2. The van der Waals surface area contributed by atoms with Crippen LogP contribution in [0.2, 0.25) is 0 Å². The average molecular weight is 299 g/mol. The fraction of sp³-hybridized carbons (Fsp3) is 0.462. The monoisotopic (exact) mass is 299 g/mol. The fourth-order valence-corrected chi connectivity index (χ4v) is 2.53. The van der Waals surface area contributed by atoms with Crippen molar-refractivity contribution < 1.29 is 13.2 Å². The standard InChI is InChI=1S/C13H21N3O3S/c1-4-13(3,8-14)12(17)16-10-6-5-7-11(9(10)2)20(15,18)19/h5-7H,4,8,14H2,1-3H3,(H,16,17)(H2,15,18,19). The second-order valence-electron chi connectivity index (χ2n) is 5.05. The summed E-state index contributed by atoms with van der Waals surface area (Å²) in [5.74, 6) is -0.239. The first-order valence-electron chi connectivity index (χ1n) is 6.29. The zero-order valence-corrected chi connectivity index (χ0v) is 12.8. The lowest BCUT2D eigenvalue weighted by atomic mass is 9.86. The highest BCUT2D eigenvalue weighted by Crippen LogP contribution is 2.26. The molecule has 6 nitrogen and oxygen atoms in total. The number of nitrogens with one attached hydrogen (secondary N) is 1. The second kappa shape index (κ2) is 5.90. The molecule has 0 aliphatic heterocycles. The quantitative estimate of drug-likeness (QED) is 0.750. The molecule has 5 N–H and O–H groups in total.